The summed E-state index contributed by atoms with van der Waals surface area (Å²) < 4.78 is 103. The number of hydrogen-bond acceptors (Lipinski definition) is 6. The van der Waals surface area contributed by atoms with Crippen LogP contribution in [0.1, 0.15) is 43.0 Å². The Kier molecular flexibility index (Phi) is 7.71. The Bertz CT molecular complexity index is 1350. The summed E-state index contributed by atoms with van der Waals surface area (Å²) in [5.74, 6) is 0.287. The van der Waals surface area contributed by atoms with Gasteiger partial charge in [0.15, 0.2) is 9.84 Å². The fourth-order valence-electron chi connectivity index (χ4n) is 4.37. The molecule has 1 aromatic carbocycles. The van der Waals surface area contributed by atoms with Gasteiger partial charge in [-0.1, -0.05) is 12.1 Å². The first-order chi connectivity index (χ1) is 17.7. The molecule has 1 aliphatic carbocycles. The first-order valence-electron chi connectivity index (χ1n) is 11.7. The normalized spacial score (nSPS) is 19.7. The van der Waals surface area contributed by atoms with Gasteiger partial charge in [-0.3, -0.25) is 4.98 Å². The van der Waals surface area contributed by atoms with Crippen molar-refractivity contribution in [3.8, 4) is 11.1 Å². The van der Waals surface area contributed by atoms with Crippen LogP contribution in [0.4, 0.5) is 32.2 Å². The van der Waals surface area contributed by atoms with Gasteiger partial charge in [0.05, 0.1) is 21.4 Å². The van der Waals surface area contributed by atoms with Gasteiger partial charge in [0.2, 0.25) is 0 Å². The molecular weight excluding hydrogens is 534 g/mol. The van der Waals surface area contributed by atoms with Gasteiger partial charge in [-0.05, 0) is 73.2 Å². The summed E-state index contributed by atoms with van der Waals surface area (Å²) >= 11 is 0. The van der Waals surface area contributed by atoms with Crippen LogP contribution in [0.5, 0.6) is 0 Å². The van der Waals surface area contributed by atoms with Gasteiger partial charge in [0.1, 0.15) is 11.9 Å². The summed E-state index contributed by atoms with van der Waals surface area (Å²) in [5, 5.41) is 2.43. The molecule has 0 amide bonds. The Morgan fingerprint density at radius 2 is 1.53 bits per heavy atom. The minimum Gasteiger partial charge on any atom is -0.367 e. The van der Waals surface area contributed by atoms with Gasteiger partial charge in [-0.15, -0.1) is 0 Å². The topological polar surface area (TPSA) is 98.0 Å². The van der Waals surface area contributed by atoms with Crippen molar-refractivity contribution >= 4 is 15.7 Å². The monoisotopic (exact) mass is 558 g/mol. The lowest BCUT2D eigenvalue weighted by atomic mass is 9.95. The summed E-state index contributed by atoms with van der Waals surface area (Å²) in [6.07, 6.45) is -5.47. The number of pyridine rings is 2. The molecule has 0 saturated heterocycles. The molecule has 38 heavy (non-hydrogen) atoms. The van der Waals surface area contributed by atoms with Crippen LogP contribution in [0.25, 0.3) is 11.1 Å². The third-order valence-corrected chi connectivity index (χ3v) is 8.80. The minimum absolute atomic E-state index is 0.100. The molecule has 2 heterocycles. The molecule has 2 aromatic heterocycles. The number of benzene rings is 1. The lowest BCUT2D eigenvalue weighted by molar-refractivity contribution is -0.150. The number of aromatic nitrogens is 2. The Labute approximate surface area is 215 Å². The maximum Gasteiger partial charge on any atom is 0.417 e. The molecule has 0 spiro atoms. The number of rotatable bonds is 6. The largest absolute Gasteiger partial charge is 0.417 e. The number of nitrogens with two attached hydrogens (primary N) is 1. The zero-order chi connectivity index (χ0) is 27.7. The van der Waals surface area contributed by atoms with E-state index in [0.29, 0.717) is 36.8 Å². The molecular formula is C25H24F6N4O2S. The standard InChI is InChI=1S/C25H24F6N4O2S/c26-24(27,28)17-3-10-22(34-14-17)35-18-4-8-20(9-5-18)38(36,37)19-6-1-15(2-7-19)16-11-12-33-21(13-16)23(32)25(29,30)31/h1-3,6-7,10-14,18,20,23H,4-5,8-9,32H2,(H,34,35). The lowest BCUT2D eigenvalue weighted by Gasteiger charge is -2.29. The fraction of sp³-hybridized carbons (Fsp3) is 0.360. The van der Waals surface area contributed by atoms with Gasteiger partial charge in [-0.25, -0.2) is 13.4 Å². The highest BCUT2D eigenvalue weighted by Gasteiger charge is 2.39. The molecule has 0 bridgehead atoms. The first kappa shape index (κ1) is 27.8. The van der Waals surface area contributed by atoms with E-state index < -0.39 is 39.0 Å². The van der Waals surface area contributed by atoms with Crippen molar-refractivity contribution in [3.63, 3.8) is 0 Å². The zero-order valence-electron chi connectivity index (χ0n) is 19.8. The maximum atomic E-state index is 13.2. The van der Waals surface area contributed by atoms with E-state index in [4.69, 9.17) is 5.73 Å². The number of alkyl halides is 6. The van der Waals surface area contributed by atoms with Crippen LogP contribution in [-0.2, 0) is 16.0 Å². The van der Waals surface area contributed by atoms with Crippen molar-refractivity contribution in [1.82, 2.24) is 9.97 Å². The number of anilines is 1. The zero-order valence-corrected chi connectivity index (χ0v) is 20.6. The molecule has 3 N–H and O–H groups in total. The quantitative estimate of drug-likeness (QED) is 0.365. The molecule has 1 saturated carbocycles. The molecule has 3 aromatic rings. The van der Waals surface area contributed by atoms with Crippen molar-refractivity contribution in [1.29, 1.82) is 0 Å². The van der Waals surface area contributed by atoms with Crippen LogP contribution in [0, 0.1) is 0 Å². The molecule has 1 fully saturated rings. The van der Waals surface area contributed by atoms with Crippen LogP contribution < -0.4 is 11.1 Å². The molecule has 204 valence electrons. The Balaban J connectivity index is 1.39. The second-order valence-electron chi connectivity index (χ2n) is 9.11. The number of hydrogen-bond donors (Lipinski definition) is 2. The predicted molar refractivity (Wildman–Crippen MR) is 129 cm³/mol. The van der Waals surface area contributed by atoms with Gasteiger partial charge < -0.3 is 11.1 Å². The highest BCUT2D eigenvalue weighted by Crippen LogP contribution is 2.34. The Morgan fingerprint density at radius 3 is 2.08 bits per heavy atom. The van der Waals surface area contributed by atoms with Crippen LogP contribution in [-0.4, -0.2) is 35.9 Å². The Morgan fingerprint density at radius 1 is 0.868 bits per heavy atom. The van der Waals surface area contributed by atoms with E-state index in [9.17, 15) is 34.8 Å². The molecule has 1 atom stereocenters. The highest BCUT2D eigenvalue weighted by atomic mass is 32.2. The SMILES string of the molecule is NC(c1cc(-c2ccc(S(=O)(=O)C3CCC(Nc4ccc(C(F)(F)F)cn4)CC3)cc2)ccn1)C(F)(F)F. The van der Waals surface area contributed by atoms with Crippen molar-refractivity contribution in [2.75, 3.05) is 5.32 Å². The number of halogens is 6. The smallest absolute Gasteiger partial charge is 0.367 e. The summed E-state index contributed by atoms with van der Waals surface area (Å²) in [6.45, 7) is 0. The second-order valence-corrected chi connectivity index (χ2v) is 11.3. The van der Waals surface area contributed by atoms with E-state index >= 15 is 0 Å². The number of sulfone groups is 1. The number of nitrogens with one attached hydrogen (secondary N) is 1. The van der Waals surface area contributed by atoms with Gasteiger partial charge in [0.25, 0.3) is 0 Å². The van der Waals surface area contributed by atoms with Crippen LogP contribution in [0.2, 0.25) is 0 Å². The molecule has 4 rings (SSSR count). The average molecular weight is 559 g/mol. The van der Waals surface area contributed by atoms with Crippen LogP contribution in [0.3, 0.4) is 0 Å². The molecule has 0 radical (unpaired) electrons. The molecule has 0 aliphatic heterocycles. The van der Waals surface area contributed by atoms with E-state index in [1.165, 1.54) is 48.7 Å². The van der Waals surface area contributed by atoms with Crippen molar-refractivity contribution in [2.24, 2.45) is 5.73 Å². The van der Waals surface area contributed by atoms with E-state index in [1.54, 1.807) is 0 Å². The molecule has 6 nitrogen and oxygen atoms in total. The van der Waals surface area contributed by atoms with Crippen LogP contribution >= 0.6 is 0 Å². The first-order valence-corrected chi connectivity index (χ1v) is 13.2. The van der Waals surface area contributed by atoms with Gasteiger partial charge in [-0.2, -0.15) is 26.3 Å². The average Bonchev–Trinajstić information content (AvgIpc) is 2.88. The second kappa shape index (κ2) is 10.5. The van der Waals surface area contributed by atoms with Crippen molar-refractivity contribution in [2.45, 2.75) is 60.3 Å². The minimum atomic E-state index is -4.65. The maximum absolute atomic E-state index is 13.2. The molecule has 13 heteroatoms. The Hall–Kier alpha value is -3.19. The lowest BCUT2D eigenvalue weighted by Crippen LogP contribution is -2.33. The van der Waals surface area contributed by atoms with E-state index in [0.717, 1.165) is 12.3 Å². The van der Waals surface area contributed by atoms with Crippen molar-refractivity contribution < 1.29 is 34.8 Å². The number of nitrogens with zero attached hydrogens (tertiary/aromatic N) is 2. The predicted octanol–water partition coefficient (Wildman–Crippen LogP) is 5.92. The third kappa shape index (κ3) is 6.26. The van der Waals surface area contributed by atoms with Gasteiger partial charge >= 0.3 is 12.4 Å². The van der Waals surface area contributed by atoms with Crippen LogP contribution in [0.15, 0.2) is 65.8 Å². The molecule has 1 unspecified atom stereocenters. The van der Waals surface area contributed by atoms with Crippen molar-refractivity contribution in [3.05, 3.63) is 72.2 Å². The fourth-order valence-corrected chi connectivity index (χ4v) is 6.16. The molecule has 1 aliphatic rings. The summed E-state index contributed by atoms with van der Waals surface area (Å²) in [5.41, 5.74) is 4.98. The third-order valence-electron chi connectivity index (χ3n) is 6.52. The van der Waals surface area contributed by atoms with Gasteiger partial charge in [0, 0.05) is 18.4 Å². The summed E-state index contributed by atoms with van der Waals surface area (Å²) in [4.78, 5) is 7.60. The summed E-state index contributed by atoms with van der Waals surface area (Å²) in [6, 6.07) is 8.44. The van der Waals surface area contributed by atoms with E-state index in [1.807, 2.05) is 0 Å². The van der Waals surface area contributed by atoms with E-state index in [2.05, 4.69) is 15.3 Å². The highest BCUT2D eigenvalue weighted by molar-refractivity contribution is 7.92. The summed E-state index contributed by atoms with van der Waals surface area (Å²) in [7, 11) is -3.67. The van der Waals surface area contributed by atoms with E-state index in [-0.39, 0.29) is 22.4 Å².